The van der Waals surface area contributed by atoms with Crippen molar-refractivity contribution in [1.82, 2.24) is 14.8 Å². The van der Waals surface area contributed by atoms with Crippen molar-refractivity contribution in [2.24, 2.45) is 7.05 Å². The Bertz CT molecular complexity index is 943. The van der Waals surface area contributed by atoms with E-state index in [0.29, 0.717) is 36.3 Å². The predicted molar refractivity (Wildman–Crippen MR) is 106 cm³/mol. The SMILES string of the molecule is CCC=O.CCCN1C(F)=C2C=C(F)c3ccn(C)c(=O)c3C3=C2C1CCN3. The highest BCUT2D eigenvalue weighted by Crippen LogP contribution is 2.45. The van der Waals surface area contributed by atoms with Crippen LogP contribution in [0.4, 0.5) is 8.78 Å². The Morgan fingerprint density at radius 3 is 2.68 bits per heavy atom. The third-order valence-electron chi connectivity index (χ3n) is 5.14. The zero-order valence-electron chi connectivity index (χ0n) is 16.4. The predicted octanol–water partition coefficient (Wildman–Crippen LogP) is 3.28. The maximum absolute atomic E-state index is 15.0. The second kappa shape index (κ2) is 8.12. The average molecular weight is 389 g/mol. The summed E-state index contributed by atoms with van der Waals surface area (Å²) >= 11 is 0. The molecule has 0 saturated heterocycles. The first-order chi connectivity index (χ1) is 13.5. The van der Waals surface area contributed by atoms with Gasteiger partial charge >= 0.3 is 0 Å². The smallest absolute Gasteiger partial charge is 0.260 e. The second-order valence-electron chi connectivity index (χ2n) is 7.01. The molecule has 0 fully saturated rings. The number of carbonyl (C=O) groups is 1. The standard InChI is InChI=1S/C18H19F2N3O.C3H6O/c1-3-7-23-13-4-6-21-16-14(13)11(17(23)20)9-12(19)10-5-8-22(2)18(24)15(10)16;1-2-3-4/h5,8-9,13,21H,3-4,6-7H2,1-2H3;3H,2H2,1H3. The molecule has 0 aromatic carbocycles. The van der Waals surface area contributed by atoms with Gasteiger partial charge in [-0.2, -0.15) is 4.39 Å². The number of carbonyl (C=O) groups excluding carboxylic acids is 1. The van der Waals surface area contributed by atoms with Gasteiger partial charge in [-0.05, 0) is 25.0 Å². The van der Waals surface area contributed by atoms with Crippen LogP contribution in [0.15, 0.2) is 40.2 Å². The molecule has 3 aliphatic rings. The largest absolute Gasteiger partial charge is 0.384 e. The van der Waals surface area contributed by atoms with E-state index in [1.54, 1.807) is 18.0 Å². The number of halogens is 2. The van der Waals surface area contributed by atoms with Crippen LogP contribution in [0.25, 0.3) is 11.5 Å². The molecule has 0 radical (unpaired) electrons. The van der Waals surface area contributed by atoms with Gasteiger partial charge in [-0.15, -0.1) is 0 Å². The normalized spacial score (nSPS) is 19.8. The number of rotatable bonds is 3. The molecule has 4 rings (SSSR count). The molecule has 0 spiro atoms. The summed E-state index contributed by atoms with van der Waals surface area (Å²) in [4.78, 5) is 23.5. The third kappa shape index (κ3) is 3.19. The van der Waals surface area contributed by atoms with E-state index < -0.39 is 11.8 Å². The lowest BCUT2D eigenvalue weighted by Gasteiger charge is -2.32. The highest BCUT2D eigenvalue weighted by molar-refractivity contribution is 5.86. The van der Waals surface area contributed by atoms with Gasteiger partial charge in [-0.3, -0.25) is 4.79 Å². The van der Waals surface area contributed by atoms with Gasteiger partial charge in [0, 0.05) is 49.5 Å². The summed E-state index contributed by atoms with van der Waals surface area (Å²) in [6, 6.07) is 1.43. The first-order valence-corrected chi connectivity index (χ1v) is 9.62. The van der Waals surface area contributed by atoms with Crippen molar-refractivity contribution < 1.29 is 13.6 Å². The van der Waals surface area contributed by atoms with Crippen LogP contribution in [0.5, 0.6) is 0 Å². The molecule has 2 aliphatic heterocycles. The number of fused-ring (bicyclic) bond motifs is 2. The van der Waals surface area contributed by atoms with Crippen LogP contribution < -0.4 is 10.9 Å². The molecule has 0 bridgehead atoms. The van der Waals surface area contributed by atoms with Crippen LogP contribution in [0.1, 0.15) is 44.2 Å². The van der Waals surface area contributed by atoms with Crippen molar-refractivity contribution in [3.05, 3.63) is 56.9 Å². The van der Waals surface area contributed by atoms with Crippen molar-refractivity contribution >= 4 is 17.8 Å². The number of allylic oxidation sites excluding steroid dienone is 1. The molecule has 5 nitrogen and oxygen atoms in total. The Morgan fingerprint density at radius 2 is 2.04 bits per heavy atom. The van der Waals surface area contributed by atoms with Gasteiger partial charge in [0.05, 0.1) is 17.3 Å². The molecule has 0 amide bonds. The minimum absolute atomic E-state index is 0.142. The lowest BCUT2D eigenvalue weighted by molar-refractivity contribution is -0.107. The van der Waals surface area contributed by atoms with Gasteiger partial charge in [0.15, 0.2) is 5.95 Å². The summed E-state index contributed by atoms with van der Waals surface area (Å²) in [5, 5.41) is 3.23. The Kier molecular flexibility index (Phi) is 5.82. The average Bonchev–Trinajstić information content (AvgIpc) is 2.88. The van der Waals surface area contributed by atoms with Crippen molar-refractivity contribution in [3.8, 4) is 0 Å². The van der Waals surface area contributed by atoms with Gasteiger partial charge < -0.3 is 19.6 Å². The zero-order valence-corrected chi connectivity index (χ0v) is 16.4. The molecule has 1 aliphatic carbocycles. The monoisotopic (exact) mass is 389 g/mol. The number of aldehydes is 1. The van der Waals surface area contributed by atoms with E-state index in [0.717, 1.165) is 19.1 Å². The number of hydrogen-bond acceptors (Lipinski definition) is 4. The Labute approximate surface area is 163 Å². The third-order valence-corrected chi connectivity index (χ3v) is 5.14. The molecule has 1 unspecified atom stereocenters. The summed E-state index contributed by atoms with van der Waals surface area (Å²) < 4.78 is 31.1. The Balaban J connectivity index is 0.000000516. The summed E-state index contributed by atoms with van der Waals surface area (Å²) in [6.45, 7) is 5.01. The number of aryl methyl sites for hydroxylation is 1. The number of pyridine rings is 1. The minimum Gasteiger partial charge on any atom is -0.384 e. The van der Waals surface area contributed by atoms with E-state index in [1.165, 1.54) is 16.8 Å². The van der Waals surface area contributed by atoms with Gasteiger partial charge in [0.1, 0.15) is 12.1 Å². The fourth-order valence-electron chi connectivity index (χ4n) is 3.90. The van der Waals surface area contributed by atoms with E-state index in [2.05, 4.69) is 5.32 Å². The van der Waals surface area contributed by atoms with Crippen LogP contribution in [-0.4, -0.2) is 34.9 Å². The first-order valence-electron chi connectivity index (χ1n) is 9.62. The van der Waals surface area contributed by atoms with E-state index in [9.17, 15) is 18.4 Å². The zero-order chi connectivity index (χ0) is 20.4. The second-order valence-corrected chi connectivity index (χ2v) is 7.01. The van der Waals surface area contributed by atoms with Gasteiger partial charge in [-0.25, -0.2) is 4.39 Å². The molecule has 28 heavy (non-hydrogen) atoms. The van der Waals surface area contributed by atoms with Gasteiger partial charge in [-0.1, -0.05) is 13.8 Å². The summed E-state index contributed by atoms with van der Waals surface area (Å²) in [5.74, 6) is -0.959. The van der Waals surface area contributed by atoms with E-state index in [-0.39, 0.29) is 22.7 Å². The summed E-state index contributed by atoms with van der Waals surface area (Å²) in [7, 11) is 1.63. The summed E-state index contributed by atoms with van der Waals surface area (Å²) in [5.41, 5.74) is 1.81. The number of hydrogen-bond donors (Lipinski definition) is 1. The number of nitrogens with zero attached hydrogens (tertiary/aromatic N) is 2. The van der Waals surface area contributed by atoms with Crippen molar-refractivity contribution in [3.63, 3.8) is 0 Å². The molecule has 1 atom stereocenters. The van der Waals surface area contributed by atoms with E-state index in [4.69, 9.17) is 0 Å². The molecule has 1 aromatic heterocycles. The molecule has 1 aromatic rings. The Hall–Kier alpha value is -2.70. The molecule has 0 saturated carbocycles. The molecular weight excluding hydrogens is 364 g/mol. The first kappa shape index (κ1) is 20.0. The van der Waals surface area contributed by atoms with E-state index >= 15 is 0 Å². The van der Waals surface area contributed by atoms with Crippen LogP contribution in [0.2, 0.25) is 0 Å². The van der Waals surface area contributed by atoms with Crippen molar-refractivity contribution in [1.29, 1.82) is 0 Å². The number of nitrogens with one attached hydrogen (secondary N) is 1. The highest BCUT2D eigenvalue weighted by Gasteiger charge is 2.42. The van der Waals surface area contributed by atoms with Crippen LogP contribution in [0.3, 0.4) is 0 Å². The van der Waals surface area contributed by atoms with Crippen LogP contribution >= 0.6 is 0 Å². The lowest BCUT2D eigenvalue weighted by Crippen LogP contribution is -2.39. The van der Waals surface area contributed by atoms with Crippen molar-refractivity contribution in [2.75, 3.05) is 13.1 Å². The maximum Gasteiger partial charge on any atom is 0.260 e. The fraction of sp³-hybridized carbons (Fsp3) is 0.429. The maximum atomic E-state index is 15.0. The van der Waals surface area contributed by atoms with Crippen molar-refractivity contribution in [2.45, 2.75) is 39.2 Å². The van der Waals surface area contributed by atoms with Gasteiger partial charge in [0.25, 0.3) is 5.56 Å². The van der Waals surface area contributed by atoms with E-state index in [1.807, 2.05) is 13.8 Å². The lowest BCUT2D eigenvalue weighted by atomic mass is 9.92. The minimum atomic E-state index is -0.568. The van der Waals surface area contributed by atoms with Gasteiger partial charge in [0.2, 0.25) is 0 Å². The molecule has 7 heteroatoms. The fourth-order valence-corrected chi connectivity index (χ4v) is 3.90. The van der Waals surface area contributed by atoms with Crippen LogP contribution in [0, 0.1) is 0 Å². The molecule has 3 heterocycles. The topological polar surface area (TPSA) is 54.3 Å². The Morgan fingerprint density at radius 1 is 1.32 bits per heavy atom. The quantitative estimate of drug-likeness (QED) is 0.637. The highest BCUT2D eigenvalue weighted by atomic mass is 19.1. The molecule has 1 N–H and O–H groups in total. The molecule has 150 valence electrons. The summed E-state index contributed by atoms with van der Waals surface area (Å²) in [6.07, 6.45) is 5.83. The van der Waals surface area contributed by atoms with Crippen LogP contribution in [-0.2, 0) is 11.8 Å². The number of aromatic nitrogens is 1. The molecular formula is C21H25F2N3O2.